The van der Waals surface area contributed by atoms with Gasteiger partial charge in [0.05, 0.1) is 0 Å². The number of hydrogen-bond acceptors (Lipinski definition) is 4. The highest BCUT2D eigenvalue weighted by atomic mass is 16.1. The summed E-state index contributed by atoms with van der Waals surface area (Å²) in [6, 6.07) is 0. The molecule has 1 rings (SSSR count). The first-order valence-corrected chi connectivity index (χ1v) is 4.83. The van der Waals surface area contributed by atoms with Crippen molar-refractivity contribution in [3.05, 3.63) is 5.82 Å². The molecule has 1 aromatic heterocycles. The number of carbonyl (C=O) groups excluding carboxylic acids is 1. The summed E-state index contributed by atoms with van der Waals surface area (Å²) < 4.78 is 1.60. The summed E-state index contributed by atoms with van der Waals surface area (Å²) in [5, 5.41) is 7.67. The summed E-state index contributed by atoms with van der Waals surface area (Å²) in [6.07, 6.45) is 0. The molecule has 0 spiro atoms. The number of hydrogen-bond donors (Lipinski definition) is 1. The molecule has 2 N–H and O–H groups in total. The monoisotopic (exact) mass is 211 g/mol. The van der Waals surface area contributed by atoms with Gasteiger partial charge in [-0.3, -0.25) is 9.36 Å². The third kappa shape index (κ3) is 2.45. The number of aromatic nitrogens is 3. The van der Waals surface area contributed by atoms with Crippen molar-refractivity contribution in [3.8, 4) is 0 Å². The highest BCUT2D eigenvalue weighted by Gasteiger charge is 2.16. The van der Waals surface area contributed by atoms with Gasteiger partial charge in [0.25, 0.3) is 5.91 Å². The molecule has 6 heteroatoms. The molecular formula is C9H17N5O. The zero-order chi connectivity index (χ0) is 11.6. The van der Waals surface area contributed by atoms with Crippen molar-refractivity contribution in [2.75, 3.05) is 18.5 Å². The molecule has 0 bridgehead atoms. The van der Waals surface area contributed by atoms with Gasteiger partial charge in [0.2, 0.25) is 11.8 Å². The number of nitrogens with two attached hydrogens (primary N) is 1. The minimum Gasteiger partial charge on any atom is -0.363 e. The standard InChI is InChI=1S/C9H17N5O/c1-6(2)5-13(3)9-12-11-8(7(10)15)14(9)4/h6H,5H2,1-4H3,(H2,10,15). The van der Waals surface area contributed by atoms with Gasteiger partial charge >= 0.3 is 0 Å². The van der Waals surface area contributed by atoms with Crippen molar-refractivity contribution in [1.29, 1.82) is 0 Å². The highest BCUT2D eigenvalue weighted by molar-refractivity contribution is 5.89. The Balaban J connectivity index is 2.91. The van der Waals surface area contributed by atoms with Crippen molar-refractivity contribution in [2.24, 2.45) is 18.7 Å². The van der Waals surface area contributed by atoms with Gasteiger partial charge in [-0.2, -0.15) is 0 Å². The number of anilines is 1. The molecular weight excluding hydrogens is 194 g/mol. The second-order valence-corrected chi connectivity index (χ2v) is 4.02. The van der Waals surface area contributed by atoms with E-state index in [1.807, 2.05) is 11.9 Å². The largest absolute Gasteiger partial charge is 0.363 e. The second kappa shape index (κ2) is 4.29. The molecule has 0 saturated heterocycles. The van der Waals surface area contributed by atoms with Crippen molar-refractivity contribution in [3.63, 3.8) is 0 Å². The molecule has 84 valence electrons. The second-order valence-electron chi connectivity index (χ2n) is 4.02. The van der Waals surface area contributed by atoms with E-state index in [-0.39, 0.29) is 5.82 Å². The van der Waals surface area contributed by atoms with Gasteiger partial charge in [0.15, 0.2) is 0 Å². The van der Waals surface area contributed by atoms with Gasteiger partial charge in [-0.15, -0.1) is 10.2 Å². The lowest BCUT2D eigenvalue weighted by Gasteiger charge is -2.19. The zero-order valence-electron chi connectivity index (χ0n) is 9.56. The minimum atomic E-state index is -0.561. The maximum absolute atomic E-state index is 11.0. The Morgan fingerprint density at radius 2 is 2.13 bits per heavy atom. The number of primary amides is 1. The Hall–Kier alpha value is -1.59. The molecule has 0 aliphatic carbocycles. The summed E-state index contributed by atoms with van der Waals surface area (Å²) in [7, 11) is 3.64. The van der Waals surface area contributed by atoms with E-state index in [0.29, 0.717) is 11.9 Å². The maximum atomic E-state index is 11.0. The van der Waals surface area contributed by atoms with Gasteiger partial charge in [-0.1, -0.05) is 13.8 Å². The molecule has 1 aromatic rings. The van der Waals surface area contributed by atoms with Crippen molar-refractivity contribution in [1.82, 2.24) is 14.8 Å². The van der Waals surface area contributed by atoms with E-state index in [9.17, 15) is 4.79 Å². The number of rotatable bonds is 4. The van der Waals surface area contributed by atoms with Crippen molar-refractivity contribution < 1.29 is 4.79 Å². The van der Waals surface area contributed by atoms with Gasteiger partial charge in [0, 0.05) is 20.6 Å². The van der Waals surface area contributed by atoms with Gasteiger partial charge in [-0.25, -0.2) is 0 Å². The summed E-state index contributed by atoms with van der Waals surface area (Å²) in [5.74, 6) is 0.788. The first-order valence-electron chi connectivity index (χ1n) is 4.83. The SMILES string of the molecule is CC(C)CN(C)c1nnc(C(N)=O)n1C. The van der Waals surface area contributed by atoms with Crippen LogP contribution in [0.4, 0.5) is 5.95 Å². The average molecular weight is 211 g/mol. The van der Waals surface area contributed by atoms with Crippen molar-refractivity contribution in [2.45, 2.75) is 13.8 Å². The van der Waals surface area contributed by atoms with Crippen LogP contribution < -0.4 is 10.6 Å². The molecule has 1 amide bonds. The zero-order valence-corrected chi connectivity index (χ0v) is 9.56. The lowest BCUT2D eigenvalue weighted by Crippen LogP contribution is -2.26. The van der Waals surface area contributed by atoms with E-state index in [1.165, 1.54) is 0 Å². The normalized spacial score (nSPS) is 10.7. The summed E-state index contributed by atoms with van der Waals surface area (Å²) >= 11 is 0. The fourth-order valence-corrected chi connectivity index (χ4v) is 1.50. The minimum absolute atomic E-state index is 0.181. The van der Waals surface area contributed by atoms with E-state index in [2.05, 4.69) is 24.0 Å². The van der Waals surface area contributed by atoms with Crippen LogP contribution in [0.5, 0.6) is 0 Å². The quantitative estimate of drug-likeness (QED) is 0.760. The molecule has 0 aromatic carbocycles. The Kier molecular flexibility index (Phi) is 3.28. The van der Waals surface area contributed by atoms with Gasteiger partial charge in [-0.05, 0) is 5.92 Å². The van der Waals surface area contributed by atoms with E-state index in [0.717, 1.165) is 6.54 Å². The number of carbonyl (C=O) groups is 1. The summed E-state index contributed by atoms with van der Waals surface area (Å²) in [6.45, 7) is 5.08. The maximum Gasteiger partial charge on any atom is 0.286 e. The Morgan fingerprint density at radius 1 is 1.53 bits per heavy atom. The average Bonchev–Trinajstić information content (AvgIpc) is 2.45. The van der Waals surface area contributed by atoms with Crippen LogP contribution in [-0.2, 0) is 7.05 Å². The third-order valence-electron chi connectivity index (χ3n) is 2.05. The number of nitrogens with zero attached hydrogens (tertiary/aromatic N) is 4. The van der Waals surface area contributed by atoms with Crippen LogP contribution in [0.2, 0.25) is 0 Å². The molecule has 6 nitrogen and oxygen atoms in total. The number of amides is 1. The lowest BCUT2D eigenvalue weighted by molar-refractivity contribution is 0.0987. The van der Waals surface area contributed by atoms with Crippen LogP contribution in [0.25, 0.3) is 0 Å². The van der Waals surface area contributed by atoms with Crippen LogP contribution in [0, 0.1) is 5.92 Å². The fourth-order valence-electron chi connectivity index (χ4n) is 1.50. The molecule has 0 radical (unpaired) electrons. The van der Waals surface area contributed by atoms with Crippen molar-refractivity contribution >= 4 is 11.9 Å². The molecule has 0 atom stereocenters. The molecule has 15 heavy (non-hydrogen) atoms. The Labute approximate surface area is 89.1 Å². The molecule has 1 heterocycles. The van der Waals surface area contributed by atoms with E-state index < -0.39 is 5.91 Å². The van der Waals surface area contributed by atoms with Crippen LogP contribution >= 0.6 is 0 Å². The Bertz CT molecular complexity index is 357. The molecule has 0 saturated carbocycles. The van der Waals surface area contributed by atoms with Crippen LogP contribution in [0.3, 0.4) is 0 Å². The van der Waals surface area contributed by atoms with Gasteiger partial charge < -0.3 is 10.6 Å². The molecule has 0 fully saturated rings. The summed E-state index contributed by atoms with van der Waals surface area (Å²) in [4.78, 5) is 12.9. The fraction of sp³-hybridized carbons (Fsp3) is 0.667. The van der Waals surface area contributed by atoms with Crippen LogP contribution in [0.1, 0.15) is 24.5 Å². The van der Waals surface area contributed by atoms with Gasteiger partial charge in [0.1, 0.15) is 0 Å². The highest BCUT2D eigenvalue weighted by Crippen LogP contribution is 2.10. The topological polar surface area (TPSA) is 77.0 Å². The molecule has 0 aliphatic rings. The Morgan fingerprint density at radius 3 is 2.53 bits per heavy atom. The predicted molar refractivity (Wildman–Crippen MR) is 57.6 cm³/mol. The lowest BCUT2D eigenvalue weighted by atomic mass is 10.2. The van der Waals surface area contributed by atoms with Crippen LogP contribution in [-0.4, -0.2) is 34.3 Å². The molecule has 0 aliphatic heterocycles. The predicted octanol–water partition coefficient (Wildman–Crippen LogP) is 0.00620. The van der Waals surface area contributed by atoms with Crippen LogP contribution in [0.15, 0.2) is 0 Å². The summed E-state index contributed by atoms with van der Waals surface area (Å²) in [5.41, 5.74) is 5.15. The smallest absolute Gasteiger partial charge is 0.286 e. The first-order chi connectivity index (χ1) is 6.93. The third-order valence-corrected chi connectivity index (χ3v) is 2.05. The first kappa shape index (κ1) is 11.5. The van der Waals surface area contributed by atoms with E-state index in [4.69, 9.17) is 5.73 Å². The molecule has 0 unspecified atom stereocenters. The van der Waals surface area contributed by atoms with E-state index >= 15 is 0 Å². The van der Waals surface area contributed by atoms with E-state index in [1.54, 1.807) is 11.6 Å².